The summed E-state index contributed by atoms with van der Waals surface area (Å²) in [7, 11) is 0. The van der Waals surface area contributed by atoms with Crippen molar-refractivity contribution in [2.75, 3.05) is 5.32 Å². The minimum atomic E-state index is -0.303. The van der Waals surface area contributed by atoms with Gasteiger partial charge in [-0.2, -0.15) is 0 Å². The monoisotopic (exact) mass is 382 g/mol. The highest BCUT2D eigenvalue weighted by molar-refractivity contribution is 6.32. The number of hydrogen-bond donors (Lipinski definition) is 2. The van der Waals surface area contributed by atoms with Crippen LogP contribution in [0, 0.1) is 13.8 Å². The number of ether oxygens (including phenoxy) is 1. The van der Waals surface area contributed by atoms with Crippen molar-refractivity contribution in [2.45, 2.75) is 20.8 Å². The zero-order chi connectivity index (χ0) is 19.6. The number of aromatic nitrogens is 1. The standard InChI is InChI=1S/C21H19ClN2O3/c1-12-19(14(3)25)13(2)23-20(12)21(26)24-15-8-10-16(11-9-15)27-18-7-5-4-6-17(18)22/h4-11,23H,1-3H3,(H,24,26). The zero-order valence-corrected chi connectivity index (χ0v) is 16.0. The topological polar surface area (TPSA) is 71.2 Å². The lowest BCUT2D eigenvalue weighted by molar-refractivity contribution is 0.101. The molecule has 0 atom stereocenters. The van der Waals surface area contributed by atoms with Crippen molar-refractivity contribution in [1.82, 2.24) is 4.98 Å². The summed E-state index contributed by atoms with van der Waals surface area (Å²) in [5.74, 6) is 0.793. The Kier molecular flexibility index (Phi) is 5.33. The Morgan fingerprint density at radius 2 is 1.70 bits per heavy atom. The summed E-state index contributed by atoms with van der Waals surface area (Å²) < 4.78 is 5.73. The number of carbonyl (C=O) groups excluding carboxylic acids is 2. The number of carbonyl (C=O) groups is 2. The van der Waals surface area contributed by atoms with Crippen LogP contribution in [0.2, 0.25) is 5.02 Å². The molecule has 0 radical (unpaired) electrons. The number of H-pyrrole nitrogens is 1. The van der Waals surface area contributed by atoms with Crippen LogP contribution >= 0.6 is 11.6 Å². The van der Waals surface area contributed by atoms with E-state index in [-0.39, 0.29) is 11.7 Å². The van der Waals surface area contributed by atoms with Crippen molar-refractivity contribution in [1.29, 1.82) is 0 Å². The Morgan fingerprint density at radius 3 is 2.30 bits per heavy atom. The second-order valence-corrected chi connectivity index (χ2v) is 6.60. The van der Waals surface area contributed by atoms with Gasteiger partial charge in [-0.05, 0) is 62.7 Å². The van der Waals surface area contributed by atoms with Gasteiger partial charge >= 0.3 is 0 Å². The van der Waals surface area contributed by atoms with E-state index >= 15 is 0 Å². The Morgan fingerprint density at radius 1 is 1.04 bits per heavy atom. The molecule has 138 valence electrons. The molecular formula is C21H19ClN2O3. The third-order valence-corrected chi connectivity index (χ3v) is 4.51. The summed E-state index contributed by atoms with van der Waals surface area (Å²) in [5.41, 5.74) is 2.89. The Bertz CT molecular complexity index is 1010. The molecule has 3 rings (SSSR count). The van der Waals surface area contributed by atoms with E-state index in [4.69, 9.17) is 16.3 Å². The van der Waals surface area contributed by atoms with E-state index in [0.717, 1.165) is 0 Å². The van der Waals surface area contributed by atoms with E-state index in [0.29, 0.717) is 44.7 Å². The molecule has 0 saturated carbocycles. The molecule has 0 aliphatic carbocycles. The van der Waals surface area contributed by atoms with E-state index in [2.05, 4.69) is 10.3 Å². The van der Waals surface area contributed by atoms with Gasteiger partial charge in [-0.3, -0.25) is 9.59 Å². The van der Waals surface area contributed by atoms with E-state index in [1.807, 2.05) is 12.1 Å². The molecule has 0 bridgehead atoms. The van der Waals surface area contributed by atoms with Gasteiger partial charge in [0.2, 0.25) is 0 Å². The first-order chi connectivity index (χ1) is 12.9. The van der Waals surface area contributed by atoms with Crippen molar-refractivity contribution in [3.05, 3.63) is 76.1 Å². The number of para-hydroxylation sites is 1. The number of nitrogens with one attached hydrogen (secondary N) is 2. The number of aromatic amines is 1. The fraction of sp³-hybridized carbons (Fsp3) is 0.143. The molecule has 2 N–H and O–H groups in total. The van der Waals surface area contributed by atoms with Crippen LogP contribution in [-0.2, 0) is 0 Å². The predicted octanol–water partition coefficient (Wildman–Crippen LogP) is 5.53. The van der Waals surface area contributed by atoms with Gasteiger partial charge in [0.1, 0.15) is 17.2 Å². The van der Waals surface area contributed by atoms with Gasteiger partial charge in [-0.25, -0.2) is 0 Å². The summed E-state index contributed by atoms with van der Waals surface area (Å²) in [6.45, 7) is 5.03. The average molecular weight is 383 g/mol. The summed E-state index contributed by atoms with van der Waals surface area (Å²) in [5, 5.41) is 3.34. The quantitative estimate of drug-likeness (QED) is 0.570. The molecule has 27 heavy (non-hydrogen) atoms. The summed E-state index contributed by atoms with van der Waals surface area (Å²) in [4.78, 5) is 27.3. The van der Waals surface area contributed by atoms with Crippen molar-refractivity contribution < 1.29 is 14.3 Å². The number of Topliss-reactive ketones (excluding diaryl/α,β-unsaturated/α-hetero) is 1. The van der Waals surface area contributed by atoms with Crippen LogP contribution in [0.25, 0.3) is 0 Å². The molecule has 3 aromatic rings. The first-order valence-corrected chi connectivity index (χ1v) is 8.78. The second-order valence-electron chi connectivity index (χ2n) is 6.19. The van der Waals surface area contributed by atoms with Crippen LogP contribution in [-0.4, -0.2) is 16.7 Å². The molecule has 0 saturated heterocycles. The van der Waals surface area contributed by atoms with Crippen LogP contribution in [0.1, 0.15) is 39.0 Å². The summed E-state index contributed by atoms with van der Waals surface area (Å²) in [6, 6.07) is 14.2. The molecule has 0 aliphatic heterocycles. The third kappa shape index (κ3) is 4.04. The van der Waals surface area contributed by atoms with E-state index in [1.165, 1.54) is 6.92 Å². The molecule has 5 nitrogen and oxygen atoms in total. The minimum Gasteiger partial charge on any atom is -0.456 e. The highest BCUT2D eigenvalue weighted by atomic mass is 35.5. The Hall–Kier alpha value is -3.05. The molecule has 2 aromatic carbocycles. The molecule has 1 amide bonds. The van der Waals surface area contributed by atoms with Crippen molar-refractivity contribution in [2.24, 2.45) is 0 Å². The largest absolute Gasteiger partial charge is 0.456 e. The SMILES string of the molecule is CC(=O)c1c(C)[nH]c(C(=O)Nc2ccc(Oc3ccccc3Cl)cc2)c1C. The van der Waals surface area contributed by atoms with Gasteiger partial charge in [-0.15, -0.1) is 0 Å². The number of rotatable bonds is 5. The van der Waals surface area contributed by atoms with E-state index in [9.17, 15) is 9.59 Å². The average Bonchev–Trinajstić information content (AvgIpc) is 2.93. The number of ketones is 1. The van der Waals surface area contributed by atoms with Crippen LogP contribution in [0.3, 0.4) is 0 Å². The number of halogens is 1. The molecule has 1 aromatic heterocycles. The van der Waals surface area contributed by atoms with Crippen LogP contribution in [0.5, 0.6) is 11.5 Å². The lowest BCUT2D eigenvalue weighted by Crippen LogP contribution is -2.13. The van der Waals surface area contributed by atoms with Gasteiger partial charge in [0.15, 0.2) is 5.78 Å². The maximum absolute atomic E-state index is 12.5. The first kappa shape index (κ1) is 18.7. The molecule has 0 fully saturated rings. The number of amides is 1. The van der Waals surface area contributed by atoms with Crippen LogP contribution < -0.4 is 10.1 Å². The van der Waals surface area contributed by atoms with Crippen LogP contribution in [0.15, 0.2) is 48.5 Å². The molecule has 0 aliphatic rings. The summed E-state index contributed by atoms with van der Waals surface area (Å²) >= 11 is 6.08. The minimum absolute atomic E-state index is 0.0682. The smallest absolute Gasteiger partial charge is 0.272 e. The van der Waals surface area contributed by atoms with Gasteiger partial charge in [0, 0.05) is 16.9 Å². The maximum Gasteiger partial charge on any atom is 0.272 e. The normalized spacial score (nSPS) is 10.5. The predicted molar refractivity (Wildman–Crippen MR) is 106 cm³/mol. The number of benzene rings is 2. The third-order valence-electron chi connectivity index (χ3n) is 4.19. The fourth-order valence-corrected chi connectivity index (χ4v) is 3.13. The van der Waals surface area contributed by atoms with E-state index in [1.54, 1.807) is 50.2 Å². The Balaban J connectivity index is 1.73. The number of hydrogen-bond acceptors (Lipinski definition) is 3. The highest BCUT2D eigenvalue weighted by Crippen LogP contribution is 2.29. The lowest BCUT2D eigenvalue weighted by Gasteiger charge is -2.09. The van der Waals surface area contributed by atoms with Crippen molar-refractivity contribution in [3.8, 4) is 11.5 Å². The molecule has 6 heteroatoms. The van der Waals surface area contributed by atoms with Gasteiger partial charge in [-0.1, -0.05) is 23.7 Å². The first-order valence-electron chi connectivity index (χ1n) is 8.40. The lowest BCUT2D eigenvalue weighted by atomic mass is 10.1. The molecule has 0 unspecified atom stereocenters. The summed E-state index contributed by atoms with van der Waals surface area (Å²) in [6.07, 6.45) is 0. The van der Waals surface area contributed by atoms with Gasteiger partial charge in [0.05, 0.1) is 5.02 Å². The number of aryl methyl sites for hydroxylation is 1. The maximum atomic E-state index is 12.5. The van der Waals surface area contributed by atoms with Crippen molar-refractivity contribution >= 4 is 29.0 Å². The number of anilines is 1. The molecule has 1 heterocycles. The molecule has 0 spiro atoms. The van der Waals surface area contributed by atoms with E-state index < -0.39 is 0 Å². The fourth-order valence-electron chi connectivity index (χ4n) is 2.96. The highest BCUT2D eigenvalue weighted by Gasteiger charge is 2.19. The Labute approximate surface area is 162 Å². The van der Waals surface area contributed by atoms with Crippen molar-refractivity contribution in [3.63, 3.8) is 0 Å². The van der Waals surface area contributed by atoms with Crippen LogP contribution in [0.4, 0.5) is 5.69 Å². The molecular weight excluding hydrogens is 364 g/mol. The van der Waals surface area contributed by atoms with Gasteiger partial charge < -0.3 is 15.0 Å². The zero-order valence-electron chi connectivity index (χ0n) is 15.2. The second kappa shape index (κ2) is 7.68. The van der Waals surface area contributed by atoms with Gasteiger partial charge in [0.25, 0.3) is 5.91 Å².